The van der Waals surface area contributed by atoms with Crippen LogP contribution < -0.4 is 4.74 Å². The highest BCUT2D eigenvalue weighted by Gasteiger charge is 2.32. The molecule has 1 aliphatic rings. The van der Waals surface area contributed by atoms with E-state index >= 15 is 0 Å². The fraction of sp³-hybridized carbons (Fsp3) is 0.350. The summed E-state index contributed by atoms with van der Waals surface area (Å²) in [5.41, 5.74) is 1.54. The van der Waals surface area contributed by atoms with Crippen LogP contribution in [-0.2, 0) is 4.79 Å². The van der Waals surface area contributed by atoms with Gasteiger partial charge in [-0.3, -0.25) is 4.79 Å². The Bertz CT molecular complexity index is 814. The van der Waals surface area contributed by atoms with Crippen LogP contribution in [0.3, 0.4) is 0 Å². The molecule has 0 bridgehead atoms. The van der Waals surface area contributed by atoms with Crippen molar-refractivity contribution in [2.24, 2.45) is 5.92 Å². The standard InChI is InChI=1S/C20H18ClF3O3/c21-15-6-3-13(4-7-15)16-8-5-14(10-18(16)27-11-20(22,23)24)17(19(25)26)9-12-1-2-12/h3-8,10,12,17H,1-2,9,11H2,(H,25,26). The second-order valence-corrected chi connectivity index (χ2v) is 7.17. The van der Waals surface area contributed by atoms with Crippen LogP contribution in [0.4, 0.5) is 13.2 Å². The van der Waals surface area contributed by atoms with Crippen molar-refractivity contribution in [3.63, 3.8) is 0 Å². The van der Waals surface area contributed by atoms with Crippen LogP contribution in [0.5, 0.6) is 5.75 Å². The van der Waals surface area contributed by atoms with Gasteiger partial charge in [0, 0.05) is 10.6 Å². The van der Waals surface area contributed by atoms with Crippen molar-refractivity contribution in [3.8, 4) is 16.9 Å². The molecular formula is C20H18ClF3O3. The molecule has 1 aliphatic carbocycles. The van der Waals surface area contributed by atoms with Crippen LogP contribution in [0, 0.1) is 5.92 Å². The third kappa shape index (κ3) is 5.39. The molecule has 0 aliphatic heterocycles. The van der Waals surface area contributed by atoms with E-state index in [0.29, 0.717) is 34.1 Å². The minimum atomic E-state index is -4.49. The van der Waals surface area contributed by atoms with Crippen molar-refractivity contribution >= 4 is 17.6 Å². The van der Waals surface area contributed by atoms with Gasteiger partial charge in [0.2, 0.25) is 0 Å². The summed E-state index contributed by atoms with van der Waals surface area (Å²) in [5, 5.41) is 10.0. The van der Waals surface area contributed by atoms with Crippen molar-refractivity contribution in [2.75, 3.05) is 6.61 Å². The zero-order valence-corrected chi connectivity index (χ0v) is 15.1. The quantitative estimate of drug-likeness (QED) is 0.630. The number of alkyl halides is 3. The van der Waals surface area contributed by atoms with Crippen LogP contribution >= 0.6 is 11.6 Å². The van der Waals surface area contributed by atoms with Crippen molar-refractivity contribution in [1.29, 1.82) is 0 Å². The van der Waals surface area contributed by atoms with E-state index in [-0.39, 0.29) is 5.75 Å². The van der Waals surface area contributed by atoms with Gasteiger partial charge in [-0.15, -0.1) is 0 Å². The molecule has 7 heteroatoms. The first kappa shape index (κ1) is 19.5. The number of rotatable bonds is 7. The predicted octanol–water partition coefficient (Wildman–Crippen LogP) is 5.92. The molecule has 0 spiro atoms. The van der Waals surface area contributed by atoms with Crippen molar-refractivity contribution in [1.82, 2.24) is 0 Å². The molecule has 2 aromatic carbocycles. The molecule has 0 amide bonds. The molecule has 144 valence electrons. The van der Waals surface area contributed by atoms with Crippen LogP contribution in [0.25, 0.3) is 11.1 Å². The average Bonchev–Trinajstić information content (AvgIpc) is 3.42. The molecule has 1 N–H and O–H groups in total. The van der Waals surface area contributed by atoms with Crippen LogP contribution in [0.2, 0.25) is 5.02 Å². The third-order valence-corrected chi connectivity index (χ3v) is 4.77. The minimum Gasteiger partial charge on any atom is -0.483 e. The predicted molar refractivity (Wildman–Crippen MR) is 96.2 cm³/mol. The van der Waals surface area contributed by atoms with Crippen molar-refractivity contribution in [3.05, 3.63) is 53.1 Å². The lowest BCUT2D eigenvalue weighted by Gasteiger charge is -2.18. The summed E-state index contributed by atoms with van der Waals surface area (Å²) in [5.74, 6) is -1.37. The SMILES string of the molecule is O=C(O)C(CC1CC1)c1ccc(-c2ccc(Cl)cc2)c(OCC(F)(F)F)c1. The van der Waals surface area contributed by atoms with Crippen molar-refractivity contribution < 1.29 is 27.8 Å². The molecule has 3 nitrogen and oxygen atoms in total. The molecule has 27 heavy (non-hydrogen) atoms. The Kier molecular flexibility index (Phi) is 5.65. The molecule has 2 aromatic rings. The van der Waals surface area contributed by atoms with Gasteiger partial charge in [-0.1, -0.05) is 48.7 Å². The lowest BCUT2D eigenvalue weighted by molar-refractivity contribution is -0.153. The fourth-order valence-electron chi connectivity index (χ4n) is 2.97. The highest BCUT2D eigenvalue weighted by atomic mass is 35.5. The number of hydrogen-bond acceptors (Lipinski definition) is 2. The number of hydrogen-bond donors (Lipinski definition) is 1. The minimum absolute atomic E-state index is 0.00851. The van der Waals surface area contributed by atoms with E-state index in [1.165, 1.54) is 6.07 Å². The molecule has 1 unspecified atom stereocenters. The van der Waals surface area contributed by atoms with E-state index in [2.05, 4.69) is 0 Å². The monoisotopic (exact) mass is 398 g/mol. The summed E-state index contributed by atoms with van der Waals surface area (Å²) in [4.78, 5) is 11.6. The molecule has 3 rings (SSSR count). The summed E-state index contributed by atoms with van der Waals surface area (Å²) in [6.07, 6.45) is -2.03. The smallest absolute Gasteiger partial charge is 0.422 e. The number of aliphatic carboxylic acids is 1. The van der Waals surface area contributed by atoms with Gasteiger partial charge < -0.3 is 9.84 Å². The molecule has 1 saturated carbocycles. The zero-order valence-electron chi connectivity index (χ0n) is 14.3. The first-order valence-corrected chi connectivity index (χ1v) is 8.93. The molecule has 1 fully saturated rings. The first-order valence-electron chi connectivity index (χ1n) is 8.55. The van der Waals surface area contributed by atoms with Gasteiger partial charge in [0.15, 0.2) is 6.61 Å². The summed E-state index contributed by atoms with van der Waals surface area (Å²) in [6.45, 7) is -1.45. The second-order valence-electron chi connectivity index (χ2n) is 6.74. The van der Waals surface area contributed by atoms with Gasteiger partial charge in [-0.25, -0.2) is 0 Å². The van der Waals surface area contributed by atoms with E-state index in [1.807, 2.05) is 0 Å². The van der Waals surface area contributed by atoms with Gasteiger partial charge in [0.1, 0.15) is 5.75 Å². The van der Waals surface area contributed by atoms with Gasteiger partial charge in [0.25, 0.3) is 0 Å². The van der Waals surface area contributed by atoms with Gasteiger partial charge in [-0.05, 0) is 41.7 Å². The summed E-state index contributed by atoms with van der Waals surface area (Å²) in [7, 11) is 0. The van der Waals surface area contributed by atoms with E-state index in [0.717, 1.165) is 12.8 Å². The Balaban J connectivity index is 1.97. The summed E-state index contributed by atoms with van der Waals surface area (Å²) >= 11 is 5.87. The van der Waals surface area contributed by atoms with Crippen LogP contribution in [0.1, 0.15) is 30.7 Å². The molecule has 0 aromatic heterocycles. The molecular weight excluding hydrogens is 381 g/mol. The lowest BCUT2D eigenvalue weighted by atomic mass is 9.91. The third-order valence-electron chi connectivity index (χ3n) is 4.52. The maximum Gasteiger partial charge on any atom is 0.422 e. The van der Waals surface area contributed by atoms with E-state index in [9.17, 15) is 23.1 Å². The van der Waals surface area contributed by atoms with Gasteiger partial charge in [0.05, 0.1) is 5.92 Å². The zero-order chi connectivity index (χ0) is 19.6. The molecule has 1 atom stereocenters. The number of benzene rings is 2. The number of halogens is 4. The van der Waals surface area contributed by atoms with Gasteiger partial charge in [-0.2, -0.15) is 13.2 Å². The number of carbonyl (C=O) groups is 1. The molecule has 0 heterocycles. The lowest BCUT2D eigenvalue weighted by Crippen LogP contribution is -2.20. The largest absolute Gasteiger partial charge is 0.483 e. The van der Waals surface area contributed by atoms with Crippen LogP contribution in [-0.4, -0.2) is 23.9 Å². The number of carboxylic acids is 1. The summed E-state index contributed by atoms with van der Waals surface area (Å²) in [6, 6.07) is 11.3. The Morgan fingerprint density at radius 3 is 2.41 bits per heavy atom. The first-order chi connectivity index (χ1) is 12.7. The highest BCUT2D eigenvalue weighted by Crippen LogP contribution is 2.41. The highest BCUT2D eigenvalue weighted by molar-refractivity contribution is 6.30. The topological polar surface area (TPSA) is 46.5 Å². The van der Waals surface area contributed by atoms with Gasteiger partial charge >= 0.3 is 12.1 Å². The van der Waals surface area contributed by atoms with E-state index in [1.54, 1.807) is 36.4 Å². The molecule has 0 radical (unpaired) electrons. The normalized spacial score (nSPS) is 15.4. The van der Waals surface area contributed by atoms with Crippen molar-refractivity contribution in [2.45, 2.75) is 31.4 Å². The average molecular weight is 399 g/mol. The van der Waals surface area contributed by atoms with E-state index in [4.69, 9.17) is 16.3 Å². The summed E-state index contributed by atoms with van der Waals surface area (Å²) < 4.78 is 43.0. The Labute approximate surface area is 159 Å². The number of carboxylic acid groups (broad SMARTS) is 1. The number of ether oxygens (including phenoxy) is 1. The molecule has 0 saturated heterocycles. The Hall–Kier alpha value is -2.21. The van der Waals surface area contributed by atoms with Crippen LogP contribution in [0.15, 0.2) is 42.5 Å². The Morgan fingerprint density at radius 1 is 1.19 bits per heavy atom. The maximum absolute atomic E-state index is 12.7. The fourth-order valence-corrected chi connectivity index (χ4v) is 3.09. The maximum atomic E-state index is 12.7. The van der Waals surface area contributed by atoms with E-state index < -0.39 is 24.7 Å². The Morgan fingerprint density at radius 2 is 1.85 bits per heavy atom. The second kappa shape index (κ2) is 7.80.